The first-order valence-electron chi connectivity index (χ1n) is 15.0. The molecule has 1 N–H and O–H groups in total. The van der Waals surface area contributed by atoms with Gasteiger partial charge in [-0.3, -0.25) is 4.57 Å². The van der Waals surface area contributed by atoms with Crippen molar-refractivity contribution < 1.29 is 37.3 Å². The predicted molar refractivity (Wildman–Crippen MR) is 187 cm³/mol. The van der Waals surface area contributed by atoms with Crippen LogP contribution in [0.3, 0.4) is 0 Å². The van der Waals surface area contributed by atoms with Crippen LogP contribution in [0.15, 0.2) is 97.1 Å². The molecule has 47 heavy (non-hydrogen) atoms. The van der Waals surface area contributed by atoms with E-state index in [9.17, 15) is 18.9 Å². The second-order valence-corrected chi connectivity index (χ2v) is 16.7. The van der Waals surface area contributed by atoms with Crippen molar-refractivity contribution in [2.75, 3.05) is 13.0 Å². The molecule has 0 aromatic heterocycles. The minimum Gasteiger partial charge on any atom is -0.488 e. The van der Waals surface area contributed by atoms with E-state index in [1.807, 2.05) is 81.4 Å². The molecule has 0 fully saturated rings. The van der Waals surface area contributed by atoms with Crippen LogP contribution in [0, 0.1) is 17.2 Å². The molecule has 0 saturated carbocycles. The molecular formula is C35H38Cl2FO7PSi. The molecule has 250 valence electrons. The van der Waals surface area contributed by atoms with Gasteiger partial charge < -0.3 is 23.5 Å². The van der Waals surface area contributed by atoms with Gasteiger partial charge >= 0.3 is 5.97 Å². The summed E-state index contributed by atoms with van der Waals surface area (Å²) in [6.07, 6.45) is -1.24. The number of ether oxygens (including phenoxy) is 2. The summed E-state index contributed by atoms with van der Waals surface area (Å²) < 4.78 is 50.2. The molecule has 0 aliphatic carbocycles. The second-order valence-electron chi connectivity index (χ2n) is 12.0. The average Bonchev–Trinajstić information content (AvgIpc) is 3.03. The Balaban J connectivity index is 1.41. The van der Waals surface area contributed by atoms with E-state index in [1.165, 1.54) is 12.1 Å². The largest absolute Gasteiger partial charge is 0.488 e. The van der Waals surface area contributed by atoms with Crippen molar-refractivity contribution in [1.82, 2.24) is 0 Å². The zero-order valence-corrected chi connectivity index (χ0v) is 30.0. The third-order valence-electron chi connectivity index (χ3n) is 7.57. The van der Waals surface area contributed by atoms with E-state index in [4.69, 9.17) is 41.6 Å². The van der Waals surface area contributed by atoms with E-state index in [1.54, 1.807) is 24.3 Å². The quantitative estimate of drug-likeness (QED) is 0.0561. The predicted octanol–water partition coefficient (Wildman–Crippen LogP) is 7.35. The van der Waals surface area contributed by atoms with Gasteiger partial charge in [-0.2, -0.15) is 0 Å². The number of aliphatic carboxylic acids is 1. The lowest BCUT2D eigenvalue weighted by molar-refractivity contribution is -0.149. The van der Waals surface area contributed by atoms with E-state index in [0.29, 0.717) is 21.4 Å². The molecule has 0 radical (unpaired) electrons. The third-order valence-corrected chi connectivity index (χ3v) is 11.9. The van der Waals surface area contributed by atoms with Gasteiger partial charge in [0.25, 0.3) is 0 Å². The van der Waals surface area contributed by atoms with Crippen LogP contribution in [0.25, 0.3) is 0 Å². The number of hydrogen-bond donors (Lipinski definition) is 1. The molecule has 0 heterocycles. The minimum absolute atomic E-state index is 0.0209. The molecule has 4 rings (SSSR count). The highest BCUT2D eigenvalue weighted by Crippen LogP contribution is 2.39. The van der Waals surface area contributed by atoms with Gasteiger partial charge in [-0.05, 0) is 45.6 Å². The van der Waals surface area contributed by atoms with E-state index < -0.39 is 40.5 Å². The molecular weight excluding hydrogens is 681 g/mol. The Hall–Kier alpha value is -3.01. The molecule has 0 aliphatic rings. The Kier molecular flexibility index (Phi) is 13.6. The second kappa shape index (κ2) is 17.4. The maximum absolute atomic E-state index is 13.3. The molecule has 3 atom stereocenters. The highest BCUT2D eigenvalue weighted by atomic mass is 35.5. The first-order valence-corrected chi connectivity index (χ1v) is 18.9. The Morgan fingerprint density at radius 3 is 2.06 bits per heavy atom. The molecule has 4 aromatic rings. The fourth-order valence-electron chi connectivity index (χ4n) is 5.02. The van der Waals surface area contributed by atoms with Crippen molar-refractivity contribution in [1.29, 1.82) is 0 Å². The lowest BCUT2D eigenvalue weighted by atomic mass is 9.78. The Bertz CT molecular complexity index is 1580. The SMILES string of the molecule is CC(C)(C)C(C[PH](=O)OCOCc1c(Cl)cc(Cl)cc1OCc1ccc(F)cc1)[C@H](O[SiH](c1ccccc1)c1ccccc1)C(=O)O. The molecule has 0 amide bonds. The molecule has 2 unspecified atom stereocenters. The van der Waals surface area contributed by atoms with Crippen molar-refractivity contribution in [3.63, 3.8) is 0 Å². The summed E-state index contributed by atoms with van der Waals surface area (Å²) in [6.45, 7) is 5.50. The average molecular weight is 720 g/mol. The van der Waals surface area contributed by atoms with E-state index in [2.05, 4.69) is 0 Å². The Labute approximate surface area is 287 Å². The number of carbonyl (C=O) groups is 1. The summed E-state index contributed by atoms with van der Waals surface area (Å²) in [5.74, 6) is -1.72. The van der Waals surface area contributed by atoms with Gasteiger partial charge in [0, 0.05) is 22.7 Å². The zero-order chi connectivity index (χ0) is 34.0. The van der Waals surface area contributed by atoms with Crippen LogP contribution in [0.5, 0.6) is 5.75 Å². The van der Waals surface area contributed by atoms with Crippen molar-refractivity contribution in [3.8, 4) is 5.75 Å². The van der Waals surface area contributed by atoms with Gasteiger partial charge in [-0.15, -0.1) is 0 Å². The number of carboxylic acids is 1. The maximum atomic E-state index is 13.3. The van der Waals surface area contributed by atoms with E-state index in [-0.39, 0.29) is 32.0 Å². The van der Waals surface area contributed by atoms with Gasteiger partial charge in [0.15, 0.2) is 14.8 Å². The minimum atomic E-state index is -2.76. The number of benzene rings is 4. The molecule has 0 saturated heterocycles. The summed E-state index contributed by atoms with van der Waals surface area (Å²) in [7, 11) is -5.19. The third kappa shape index (κ3) is 11.0. The van der Waals surface area contributed by atoms with Crippen LogP contribution in [0.4, 0.5) is 4.39 Å². The smallest absolute Gasteiger partial charge is 0.331 e. The molecule has 7 nitrogen and oxygen atoms in total. The summed E-state index contributed by atoms with van der Waals surface area (Å²) in [5.41, 5.74) is 0.675. The Morgan fingerprint density at radius 1 is 0.915 bits per heavy atom. The number of carboxylic acid groups (broad SMARTS) is 1. The number of halogens is 3. The fraction of sp³-hybridized carbons (Fsp3) is 0.286. The van der Waals surface area contributed by atoms with Crippen molar-refractivity contribution in [2.45, 2.75) is 40.1 Å². The number of hydrogen-bond acceptors (Lipinski definition) is 6. The molecule has 0 aliphatic heterocycles. The maximum Gasteiger partial charge on any atom is 0.331 e. The molecule has 0 bridgehead atoms. The lowest BCUT2D eigenvalue weighted by Gasteiger charge is -2.36. The first kappa shape index (κ1) is 36.8. The monoisotopic (exact) mass is 718 g/mol. The van der Waals surface area contributed by atoms with Crippen molar-refractivity contribution >= 4 is 56.6 Å². The van der Waals surface area contributed by atoms with Crippen molar-refractivity contribution in [3.05, 3.63) is 124 Å². The highest BCUT2D eigenvalue weighted by molar-refractivity contribution is 7.39. The molecule has 12 heteroatoms. The molecule has 0 spiro atoms. The topological polar surface area (TPSA) is 91.3 Å². The molecule has 4 aromatic carbocycles. The van der Waals surface area contributed by atoms with Crippen LogP contribution < -0.4 is 15.1 Å². The van der Waals surface area contributed by atoms with Crippen molar-refractivity contribution in [2.24, 2.45) is 11.3 Å². The van der Waals surface area contributed by atoms with Crippen LogP contribution in [-0.4, -0.2) is 39.2 Å². The fourth-order valence-corrected chi connectivity index (χ4v) is 9.51. The summed E-state index contributed by atoms with van der Waals surface area (Å²) in [5, 5.41) is 12.9. The normalized spacial score (nSPS) is 13.7. The van der Waals surface area contributed by atoms with E-state index >= 15 is 0 Å². The summed E-state index contributed by atoms with van der Waals surface area (Å²) in [4.78, 5) is 12.7. The standard InChI is InChI=1S/C35H38Cl2FO7PSi/c1-35(2,3)30(33(34(39)40)45-47(27-10-6-4-7-11-27)28-12-8-5-9-13-28)22-46(41)44-23-42-21-29-31(37)18-25(36)19-32(29)43-20-24-14-16-26(38)17-15-24/h4-19,30,33,46-47H,20-23H2,1-3H3,(H,39,40)/t30?,33-/m0/s1. The van der Waals surface area contributed by atoms with Gasteiger partial charge in [-0.1, -0.05) is 117 Å². The first-order chi connectivity index (χ1) is 22.4. The zero-order valence-electron chi connectivity index (χ0n) is 26.3. The van der Waals surface area contributed by atoms with Gasteiger partial charge in [-0.25, -0.2) is 9.18 Å². The Morgan fingerprint density at radius 2 is 1.51 bits per heavy atom. The lowest BCUT2D eigenvalue weighted by Crippen LogP contribution is -2.52. The van der Waals surface area contributed by atoms with Crippen LogP contribution in [-0.2, 0) is 36.3 Å². The van der Waals surface area contributed by atoms with E-state index in [0.717, 1.165) is 15.9 Å². The van der Waals surface area contributed by atoms with Gasteiger partial charge in [0.2, 0.25) is 9.04 Å². The summed E-state index contributed by atoms with van der Waals surface area (Å²) >= 11 is 12.6. The summed E-state index contributed by atoms with van der Waals surface area (Å²) in [6, 6.07) is 28.3. The van der Waals surface area contributed by atoms with Crippen LogP contribution in [0.1, 0.15) is 31.9 Å². The number of rotatable bonds is 16. The van der Waals surface area contributed by atoms with Crippen LogP contribution >= 0.6 is 31.2 Å². The van der Waals surface area contributed by atoms with Gasteiger partial charge in [0.05, 0.1) is 11.6 Å². The highest BCUT2D eigenvalue weighted by Gasteiger charge is 2.40. The van der Waals surface area contributed by atoms with Crippen LogP contribution in [0.2, 0.25) is 10.0 Å². The van der Waals surface area contributed by atoms with Gasteiger partial charge in [0.1, 0.15) is 24.3 Å².